The Hall–Kier alpha value is -1.14. The molecule has 0 aliphatic carbocycles. The molecule has 118 valence electrons. The van der Waals surface area contributed by atoms with Crippen molar-refractivity contribution in [1.29, 1.82) is 0 Å². The number of ether oxygens (including phenoxy) is 2. The van der Waals surface area contributed by atoms with Gasteiger partial charge in [-0.15, -0.1) is 11.3 Å². The van der Waals surface area contributed by atoms with Crippen LogP contribution in [0.15, 0.2) is 5.38 Å². The number of anilines is 1. The standard InChI is InChI=1S/C15H24N2O3S/c1-6-19-13(18)15(3,4)12-9-21-14(16-12)17(5)11-7-8-20-10(11)2/h9-11H,6-8H2,1-5H3. The number of aromatic nitrogens is 1. The zero-order valence-corrected chi connectivity index (χ0v) is 14.2. The lowest BCUT2D eigenvalue weighted by Gasteiger charge is -2.26. The summed E-state index contributed by atoms with van der Waals surface area (Å²) in [7, 11) is 2.04. The molecule has 0 amide bonds. The SMILES string of the molecule is CCOC(=O)C(C)(C)c1csc(N(C)C2CCOC2C)n1. The Morgan fingerprint density at radius 1 is 1.62 bits per heavy atom. The Bertz CT molecular complexity index is 501. The maximum Gasteiger partial charge on any atom is 0.317 e. The van der Waals surface area contributed by atoms with Gasteiger partial charge < -0.3 is 14.4 Å². The van der Waals surface area contributed by atoms with Crippen molar-refractivity contribution in [3.8, 4) is 0 Å². The minimum Gasteiger partial charge on any atom is -0.465 e. The fourth-order valence-electron chi connectivity index (χ4n) is 2.50. The molecule has 2 unspecified atom stereocenters. The molecule has 6 heteroatoms. The van der Waals surface area contributed by atoms with Gasteiger partial charge >= 0.3 is 5.97 Å². The van der Waals surface area contributed by atoms with Crippen LogP contribution in [0.5, 0.6) is 0 Å². The normalized spacial score (nSPS) is 22.3. The van der Waals surface area contributed by atoms with Gasteiger partial charge in [-0.05, 0) is 34.1 Å². The van der Waals surface area contributed by atoms with Crippen LogP contribution < -0.4 is 4.90 Å². The van der Waals surface area contributed by atoms with Crippen LogP contribution in [0.25, 0.3) is 0 Å². The van der Waals surface area contributed by atoms with Gasteiger partial charge in [0.1, 0.15) is 5.41 Å². The third-order valence-corrected chi connectivity index (χ3v) is 4.98. The number of esters is 1. The zero-order valence-electron chi connectivity index (χ0n) is 13.4. The maximum atomic E-state index is 12.1. The van der Waals surface area contributed by atoms with E-state index >= 15 is 0 Å². The highest BCUT2D eigenvalue weighted by Gasteiger charge is 2.35. The first-order valence-electron chi connectivity index (χ1n) is 7.35. The van der Waals surface area contributed by atoms with Gasteiger partial charge in [0.05, 0.1) is 24.4 Å². The summed E-state index contributed by atoms with van der Waals surface area (Å²) in [4.78, 5) is 18.9. The molecule has 21 heavy (non-hydrogen) atoms. The summed E-state index contributed by atoms with van der Waals surface area (Å²) in [6, 6.07) is 0.342. The van der Waals surface area contributed by atoms with Gasteiger partial charge in [0.15, 0.2) is 5.13 Å². The van der Waals surface area contributed by atoms with Crippen LogP contribution in [0.4, 0.5) is 5.13 Å². The number of rotatable bonds is 5. The molecule has 5 nitrogen and oxygen atoms in total. The molecule has 1 aromatic heterocycles. The summed E-state index contributed by atoms with van der Waals surface area (Å²) in [6.45, 7) is 8.79. The van der Waals surface area contributed by atoms with Crippen molar-refractivity contribution in [3.63, 3.8) is 0 Å². The Morgan fingerprint density at radius 2 is 2.33 bits per heavy atom. The van der Waals surface area contributed by atoms with Gasteiger partial charge in [-0.3, -0.25) is 4.79 Å². The Labute approximate surface area is 130 Å². The van der Waals surface area contributed by atoms with Crippen molar-refractivity contribution in [2.75, 3.05) is 25.2 Å². The van der Waals surface area contributed by atoms with Gasteiger partial charge in [0.2, 0.25) is 0 Å². The van der Waals surface area contributed by atoms with E-state index in [9.17, 15) is 4.79 Å². The summed E-state index contributed by atoms with van der Waals surface area (Å²) in [5, 5.41) is 2.87. The molecule has 2 rings (SSSR count). The molecule has 0 saturated carbocycles. The molecule has 0 aromatic carbocycles. The van der Waals surface area contributed by atoms with Gasteiger partial charge in [-0.1, -0.05) is 0 Å². The first kappa shape index (κ1) is 16.2. The molecule has 2 heterocycles. The predicted octanol–water partition coefficient (Wildman–Crippen LogP) is 2.60. The van der Waals surface area contributed by atoms with Crippen LogP contribution in [0.3, 0.4) is 0 Å². The molecular formula is C15H24N2O3S. The van der Waals surface area contributed by atoms with E-state index in [4.69, 9.17) is 9.47 Å². The zero-order chi connectivity index (χ0) is 15.6. The highest BCUT2D eigenvalue weighted by Crippen LogP contribution is 2.32. The lowest BCUT2D eigenvalue weighted by Crippen LogP contribution is -2.37. The quantitative estimate of drug-likeness (QED) is 0.782. The molecule has 1 fully saturated rings. The van der Waals surface area contributed by atoms with E-state index < -0.39 is 5.41 Å². The van der Waals surface area contributed by atoms with Gasteiger partial charge in [-0.25, -0.2) is 4.98 Å². The highest BCUT2D eigenvalue weighted by molar-refractivity contribution is 7.13. The summed E-state index contributed by atoms with van der Waals surface area (Å²) in [5.41, 5.74) is 0.0444. The lowest BCUT2D eigenvalue weighted by atomic mass is 9.90. The van der Waals surface area contributed by atoms with Crippen LogP contribution in [-0.2, 0) is 19.7 Å². The summed E-state index contributed by atoms with van der Waals surface area (Å²) in [5.74, 6) is -0.234. The number of thiazole rings is 1. The van der Waals surface area contributed by atoms with Crippen molar-refractivity contribution >= 4 is 22.4 Å². The molecule has 0 N–H and O–H groups in total. The topological polar surface area (TPSA) is 51.7 Å². The monoisotopic (exact) mass is 312 g/mol. The molecule has 1 saturated heterocycles. The molecule has 0 radical (unpaired) electrons. The van der Waals surface area contributed by atoms with Gasteiger partial charge in [-0.2, -0.15) is 0 Å². The van der Waals surface area contributed by atoms with E-state index in [2.05, 4.69) is 16.8 Å². The van der Waals surface area contributed by atoms with Gasteiger partial charge in [0, 0.05) is 19.0 Å². The molecular weight excluding hydrogens is 288 g/mol. The Morgan fingerprint density at radius 3 is 2.90 bits per heavy atom. The van der Waals surface area contributed by atoms with Crippen LogP contribution in [0, 0.1) is 0 Å². The third-order valence-electron chi connectivity index (χ3n) is 4.05. The second kappa shape index (κ2) is 6.32. The molecule has 2 atom stereocenters. The average Bonchev–Trinajstić information content (AvgIpc) is 3.07. The van der Waals surface area contributed by atoms with E-state index in [1.807, 2.05) is 33.2 Å². The number of carbonyl (C=O) groups is 1. The van der Waals surface area contributed by atoms with Crippen molar-refractivity contribution in [2.24, 2.45) is 0 Å². The van der Waals surface area contributed by atoms with E-state index in [1.54, 1.807) is 11.3 Å². The van der Waals surface area contributed by atoms with E-state index in [0.29, 0.717) is 12.6 Å². The van der Waals surface area contributed by atoms with Crippen LogP contribution in [0.1, 0.15) is 39.8 Å². The largest absolute Gasteiger partial charge is 0.465 e. The van der Waals surface area contributed by atoms with Crippen molar-refractivity contribution in [1.82, 2.24) is 4.98 Å². The number of likely N-dealkylation sites (N-methyl/N-ethyl adjacent to an activating group) is 1. The highest BCUT2D eigenvalue weighted by atomic mass is 32.1. The fourth-order valence-corrected chi connectivity index (χ4v) is 3.52. The Kier molecular flexibility index (Phi) is 4.88. The minimum atomic E-state index is -0.719. The second-order valence-corrected chi connectivity index (χ2v) is 6.74. The number of nitrogens with zero attached hydrogens (tertiary/aromatic N) is 2. The Balaban J connectivity index is 2.15. The number of hydrogen-bond acceptors (Lipinski definition) is 6. The minimum absolute atomic E-state index is 0.209. The molecule has 1 aliphatic heterocycles. The molecule has 1 aromatic rings. The molecule has 0 bridgehead atoms. The fraction of sp³-hybridized carbons (Fsp3) is 0.733. The lowest BCUT2D eigenvalue weighted by molar-refractivity contribution is -0.148. The van der Waals surface area contributed by atoms with E-state index in [-0.39, 0.29) is 12.1 Å². The van der Waals surface area contributed by atoms with Crippen LogP contribution in [-0.4, -0.2) is 43.4 Å². The maximum absolute atomic E-state index is 12.1. The van der Waals surface area contributed by atoms with Gasteiger partial charge in [0.25, 0.3) is 0 Å². The van der Waals surface area contributed by atoms with Crippen LogP contribution in [0.2, 0.25) is 0 Å². The van der Waals surface area contributed by atoms with Crippen molar-refractivity contribution < 1.29 is 14.3 Å². The molecule has 0 spiro atoms. The molecule has 1 aliphatic rings. The first-order chi connectivity index (χ1) is 9.87. The van der Waals surface area contributed by atoms with Crippen molar-refractivity contribution in [3.05, 3.63) is 11.1 Å². The predicted molar refractivity (Wildman–Crippen MR) is 84.0 cm³/mol. The van der Waals surface area contributed by atoms with E-state index in [1.165, 1.54) is 0 Å². The van der Waals surface area contributed by atoms with E-state index in [0.717, 1.165) is 23.9 Å². The van der Waals surface area contributed by atoms with Crippen molar-refractivity contribution in [2.45, 2.75) is 51.7 Å². The number of carbonyl (C=O) groups excluding carboxylic acids is 1. The van der Waals surface area contributed by atoms with Crippen LogP contribution >= 0.6 is 11.3 Å². The average molecular weight is 312 g/mol. The second-order valence-electron chi connectivity index (χ2n) is 5.90. The number of hydrogen-bond donors (Lipinski definition) is 0. The first-order valence-corrected chi connectivity index (χ1v) is 8.23. The summed E-state index contributed by atoms with van der Waals surface area (Å²) >= 11 is 1.56. The summed E-state index contributed by atoms with van der Waals surface area (Å²) < 4.78 is 10.8. The smallest absolute Gasteiger partial charge is 0.317 e. The summed E-state index contributed by atoms with van der Waals surface area (Å²) in [6.07, 6.45) is 1.22. The third kappa shape index (κ3) is 3.21.